The maximum absolute atomic E-state index is 12.1. The average molecular weight is 360 g/mol. The molecule has 0 bridgehead atoms. The summed E-state index contributed by atoms with van der Waals surface area (Å²) < 4.78 is 5.14. The summed E-state index contributed by atoms with van der Waals surface area (Å²) in [4.78, 5) is 26.3. The Labute approximate surface area is 152 Å². The Kier molecular flexibility index (Phi) is 7.01. The predicted molar refractivity (Wildman–Crippen MR) is 100 cm³/mol. The number of thiophene rings is 1. The minimum Gasteiger partial charge on any atom is -0.497 e. The van der Waals surface area contributed by atoms with Crippen LogP contribution in [0.1, 0.15) is 28.6 Å². The van der Waals surface area contributed by atoms with E-state index in [0.29, 0.717) is 4.88 Å². The van der Waals surface area contributed by atoms with Gasteiger partial charge in [0, 0.05) is 13.1 Å². The van der Waals surface area contributed by atoms with Crippen LogP contribution in [-0.4, -0.2) is 43.5 Å². The lowest BCUT2D eigenvalue weighted by atomic mass is 10.1. The number of benzene rings is 1. The van der Waals surface area contributed by atoms with Crippen LogP contribution in [0.5, 0.6) is 5.75 Å². The number of likely N-dealkylation sites (N-methyl/N-ethyl adjacent to an activating group) is 1. The van der Waals surface area contributed by atoms with Gasteiger partial charge in [-0.25, -0.2) is 0 Å². The van der Waals surface area contributed by atoms with Gasteiger partial charge in [0.15, 0.2) is 0 Å². The largest absolute Gasteiger partial charge is 0.497 e. The molecule has 0 saturated heterocycles. The predicted octanol–water partition coefficient (Wildman–Crippen LogP) is 2.97. The van der Waals surface area contributed by atoms with Crippen LogP contribution in [0.4, 0.5) is 0 Å². The van der Waals surface area contributed by atoms with Gasteiger partial charge in [-0.05, 0) is 48.9 Å². The Morgan fingerprint density at radius 1 is 1.24 bits per heavy atom. The molecular formula is C19H24N2O3S. The Morgan fingerprint density at radius 2 is 1.96 bits per heavy atom. The van der Waals surface area contributed by atoms with E-state index in [4.69, 9.17) is 4.74 Å². The fraction of sp³-hybridized carbons (Fsp3) is 0.368. The summed E-state index contributed by atoms with van der Waals surface area (Å²) in [5.41, 5.74) is 1.20. The number of rotatable bonds is 8. The summed E-state index contributed by atoms with van der Waals surface area (Å²) in [6.45, 7) is 2.03. The van der Waals surface area contributed by atoms with Crippen molar-refractivity contribution < 1.29 is 14.3 Å². The molecule has 5 nitrogen and oxygen atoms in total. The molecule has 0 aliphatic rings. The van der Waals surface area contributed by atoms with E-state index in [1.807, 2.05) is 42.6 Å². The molecule has 0 fully saturated rings. The first kappa shape index (κ1) is 19.0. The number of carbonyl (C=O) groups is 2. The van der Waals surface area contributed by atoms with Gasteiger partial charge >= 0.3 is 0 Å². The summed E-state index contributed by atoms with van der Waals surface area (Å²) in [6, 6.07) is 11.6. The van der Waals surface area contributed by atoms with E-state index in [2.05, 4.69) is 5.32 Å². The zero-order valence-electron chi connectivity index (χ0n) is 14.8. The van der Waals surface area contributed by atoms with Crippen LogP contribution in [0.2, 0.25) is 0 Å². The Bertz CT molecular complexity index is 683. The maximum atomic E-state index is 12.1. The van der Waals surface area contributed by atoms with Gasteiger partial charge < -0.3 is 15.0 Å². The van der Waals surface area contributed by atoms with Crippen molar-refractivity contribution in [1.82, 2.24) is 10.2 Å². The second-order valence-electron chi connectivity index (χ2n) is 5.99. The number of amides is 2. The molecule has 0 unspecified atom stereocenters. The second-order valence-corrected chi connectivity index (χ2v) is 6.94. The lowest BCUT2D eigenvalue weighted by molar-refractivity contribution is -0.122. The van der Waals surface area contributed by atoms with Crippen molar-refractivity contribution in [3.63, 3.8) is 0 Å². The van der Waals surface area contributed by atoms with Crippen molar-refractivity contribution in [3.8, 4) is 5.75 Å². The smallest absolute Gasteiger partial charge is 0.264 e. The third kappa shape index (κ3) is 5.90. The molecule has 134 valence electrons. The van der Waals surface area contributed by atoms with Gasteiger partial charge in [-0.2, -0.15) is 0 Å². The quantitative estimate of drug-likeness (QED) is 0.787. The minimum absolute atomic E-state index is 0.0415. The number of nitrogens with one attached hydrogen (secondary N) is 1. The molecule has 0 radical (unpaired) electrons. The summed E-state index contributed by atoms with van der Waals surface area (Å²) in [6.07, 6.45) is 1.70. The lowest BCUT2D eigenvalue weighted by Gasteiger charge is -2.19. The topological polar surface area (TPSA) is 58.6 Å². The monoisotopic (exact) mass is 360 g/mol. The van der Waals surface area contributed by atoms with Crippen LogP contribution >= 0.6 is 11.3 Å². The first-order valence-electron chi connectivity index (χ1n) is 8.21. The summed E-state index contributed by atoms with van der Waals surface area (Å²) in [5, 5.41) is 4.80. The van der Waals surface area contributed by atoms with E-state index >= 15 is 0 Å². The summed E-state index contributed by atoms with van der Waals surface area (Å²) in [5.74, 6) is 0.564. The van der Waals surface area contributed by atoms with Gasteiger partial charge in [-0.3, -0.25) is 9.59 Å². The van der Waals surface area contributed by atoms with E-state index < -0.39 is 0 Å². The van der Waals surface area contributed by atoms with Crippen molar-refractivity contribution in [2.24, 2.45) is 0 Å². The molecule has 1 aromatic carbocycles. The number of hydrogen-bond donors (Lipinski definition) is 1. The number of carbonyl (C=O) groups excluding carboxylic acids is 2. The Hall–Kier alpha value is -2.34. The van der Waals surface area contributed by atoms with Crippen LogP contribution < -0.4 is 10.1 Å². The van der Waals surface area contributed by atoms with E-state index in [1.54, 1.807) is 20.2 Å². The fourth-order valence-corrected chi connectivity index (χ4v) is 3.16. The number of hydrogen-bond acceptors (Lipinski definition) is 4. The Morgan fingerprint density at radius 3 is 2.56 bits per heavy atom. The number of nitrogens with zero attached hydrogens (tertiary/aromatic N) is 1. The highest BCUT2D eigenvalue weighted by Gasteiger charge is 2.16. The van der Waals surface area contributed by atoms with Crippen LogP contribution in [0.3, 0.4) is 0 Å². The first-order valence-corrected chi connectivity index (χ1v) is 9.09. The van der Waals surface area contributed by atoms with Crippen molar-refractivity contribution in [1.29, 1.82) is 0 Å². The highest BCUT2D eigenvalue weighted by Crippen LogP contribution is 2.13. The molecule has 0 aliphatic carbocycles. The zero-order valence-corrected chi connectivity index (χ0v) is 15.6. The molecule has 2 amide bonds. The highest BCUT2D eigenvalue weighted by molar-refractivity contribution is 7.12. The average Bonchev–Trinajstić information content (AvgIpc) is 3.14. The number of ether oxygens (including phenoxy) is 1. The SMILES string of the molecule is COc1ccc(CC[C@@H](C)NC(=O)CN(C)C(=O)c2cccs2)cc1. The molecule has 2 rings (SSSR count). The van der Waals surface area contributed by atoms with E-state index in [9.17, 15) is 9.59 Å². The van der Waals surface area contributed by atoms with E-state index in [0.717, 1.165) is 18.6 Å². The first-order chi connectivity index (χ1) is 12.0. The molecule has 0 saturated carbocycles. The van der Waals surface area contributed by atoms with Gasteiger partial charge in [-0.1, -0.05) is 18.2 Å². The van der Waals surface area contributed by atoms with Crippen LogP contribution in [0.15, 0.2) is 41.8 Å². The van der Waals surface area contributed by atoms with Crippen molar-refractivity contribution in [3.05, 3.63) is 52.2 Å². The third-order valence-electron chi connectivity index (χ3n) is 3.89. The molecule has 1 N–H and O–H groups in total. The molecule has 1 atom stereocenters. The van der Waals surface area contributed by atoms with Crippen LogP contribution in [0, 0.1) is 0 Å². The molecule has 6 heteroatoms. The van der Waals surface area contributed by atoms with Gasteiger partial charge in [0.1, 0.15) is 5.75 Å². The molecule has 25 heavy (non-hydrogen) atoms. The van der Waals surface area contributed by atoms with Crippen molar-refractivity contribution in [2.45, 2.75) is 25.8 Å². The standard InChI is InChI=1S/C19H24N2O3S/c1-14(6-7-15-8-10-16(24-3)11-9-15)20-18(22)13-21(2)19(23)17-5-4-12-25-17/h4-5,8-12,14H,6-7,13H2,1-3H3,(H,20,22)/t14-/m1/s1. The van der Waals surface area contributed by atoms with E-state index in [-0.39, 0.29) is 24.4 Å². The van der Waals surface area contributed by atoms with Gasteiger partial charge in [0.25, 0.3) is 5.91 Å². The van der Waals surface area contributed by atoms with E-state index in [1.165, 1.54) is 21.8 Å². The molecule has 2 aromatic rings. The van der Waals surface area contributed by atoms with Gasteiger partial charge in [0.2, 0.25) is 5.91 Å². The third-order valence-corrected chi connectivity index (χ3v) is 4.75. The fourth-order valence-electron chi connectivity index (χ4n) is 2.44. The molecule has 0 spiro atoms. The molecule has 0 aliphatic heterocycles. The second kappa shape index (κ2) is 9.22. The maximum Gasteiger partial charge on any atom is 0.264 e. The van der Waals surface area contributed by atoms with Crippen LogP contribution in [0.25, 0.3) is 0 Å². The summed E-state index contributed by atoms with van der Waals surface area (Å²) >= 11 is 1.38. The minimum atomic E-state index is -0.144. The zero-order chi connectivity index (χ0) is 18.2. The van der Waals surface area contributed by atoms with Crippen molar-refractivity contribution >= 4 is 23.2 Å². The molecule has 1 heterocycles. The Balaban J connectivity index is 1.74. The molecular weight excluding hydrogens is 336 g/mol. The summed E-state index contributed by atoms with van der Waals surface area (Å²) in [7, 11) is 3.29. The van der Waals surface area contributed by atoms with Crippen LogP contribution in [-0.2, 0) is 11.2 Å². The van der Waals surface area contributed by atoms with Crippen molar-refractivity contribution in [2.75, 3.05) is 20.7 Å². The molecule has 1 aromatic heterocycles. The highest BCUT2D eigenvalue weighted by atomic mass is 32.1. The normalized spacial score (nSPS) is 11.6. The van der Waals surface area contributed by atoms with Gasteiger partial charge in [-0.15, -0.1) is 11.3 Å². The number of methoxy groups -OCH3 is 1. The van der Waals surface area contributed by atoms with Gasteiger partial charge in [0.05, 0.1) is 18.5 Å². The number of aryl methyl sites for hydroxylation is 1. The lowest BCUT2D eigenvalue weighted by Crippen LogP contribution is -2.41.